The predicted octanol–water partition coefficient (Wildman–Crippen LogP) is 4.75. The number of carbonyl (C=O) groups is 2. The van der Waals surface area contributed by atoms with E-state index in [4.69, 9.17) is 27.9 Å². The van der Waals surface area contributed by atoms with Crippen LogP contribution in [0.2, 0.25) is 10.0 Å². The van der Waals surface area contributed by atoms with Crippen molar-refractivity contribution in [1.82, 2.24) is 0 Å². The van der Waals surface area contributed by atoms with E-state index in [1.165, 1.54) is 19.2 Å². The molecule has 0 saturated heterocycles. The molecule has 138 valence electrons. The number of ether oxygens (including phenoxy) is 2. The quantitative estimate of drug-likeness (QED) is 0.700. The third-order valence-electron chi connectivity index (χ3n) is 3.78. The number of hydrogen-bond donors (Lipinski definition) is 0. The topological polar surface area (TPSA) is 52.6 Å². The zero-order valence-electron chi connectivity index (χ0n) is 14.2. The minimum absolute atomic E-state index is 0.0126. The molecular weight excluding hydrogens is 382 g/mol. The van der Waals surface area contributed by atoms with Crippen molar-refractivity contribution in [2.24, 2.45) is 5.92 Å². The number of benzene rings is 2. The molecule has 4 nitrogen and oxygen atoms in total. The van der Waals surface area contributed by atoms with Gasteiger partial charge in [-0.2, -0.15) is 0 Å². The molecule has 1 unspecified atom stereocenters. The standard InChI is InChI=1S/C13H12Cl2O4.C6H5F/c1-6-3-7-4-8(19-5-9(16)18-2)11(14)12(15)10(7)13(6)17;7-6-4-2-1-3-5-6/h4,6H,3,5H2,1-2H3;1-5H. The molecule has 0 heterocycles. The molecule has 0 aromatic heterocycles. The first-order chi connectivity index (χ1) is 12.3. The van der Waals surface area contributed by atoms with Crippen molar-refractivity contribution in [3.8, 4) is 5.75 Å². The number of rotatable bonds is 3. The highest BCUT2D eigenvalue weighted by molar-refractivity contribution is 6.45. The van der Waals surface area contributed by atoms with Crippen molar-refractivity contribution in [2.75, 3.05) is 13.7 Å². The number of esters is 1. The number of halogens is 3. The lowest BCUT2D eigenvalue weighted by atomic mass is 10.1. The molecule has 1 atom stereocenters. The molecule has 0 aliphatic heterocycles. The Labute approximate surface area is 160 Å². The van der Waals surface area contributed by atoms with Crippen LogP contribution in [0.25, 0.3) is 0 Å². The first kappa shape index (κ1) is 20.2. The van der Waals surface area contributed by atoms with Crippen molar-refractivity contribution in [3.05, 3.63) is 63.4 Å². The summed E-state index contributed by atoms with van der Waals surface area (Å²) in [7, 11) is 1.27. The summed E-state index contributed by atoms with van der Waals surface area (Å²) >= 11 is 12.2. The van der Waals surface area contributed by atoms with E-state index in [-0.39, 0.29) is 39.9 Å². The van der Waals surface area contributed by atoms with Gasteiger partial charge in [0.25, 0.3) is 0 Å². The molecule has 0 spiro atoms. The van der Waals surface area contributed by atoms with Gasteiger partial charge in [-0.3, -0.25) is 4.79 Å². The highest BCUT2D eigenvalue weighted by atomic mass is 35.5. The third-order valence-corrected chi connectivity index (χ3v) is 4.63. The zero-order valence-corrected chi connectivity index (χ0v) is 15.7. The minimum Gasteiger partial charge on any atom is -0.480 e. The van der Waals surface area contributed by atoms with Gasteiger partial charge in [0.1, 0.15) is 16.6 Å². The first-order valence-corrected chi connectivity index (χ1v) is 8.56. The molecule has 0 bridgehead atoms. The lowest BCUT2D eigenvalue weighted by Crippen LogP contribution is -2.13. The average molecular weight is 399 g/mol. The van der Waals surface area contributed by atoms with Crippen LogP contribution in [0, 0.1) is 11.7 Å². The summed E-state index contributed by atoms with van der Waals surface area (Å²) in [5.41, 5.74) is 1.26. The highest BCUT2D eigenvalue weighted by Gasteiger charge is 2.32. The maximum atomic E-state index is 11.9. The molecule has 2 aromatic rings. The van der Waals surface area contributed by atoms with Crippen molar-refractivity contribution >= 4 is 35.0 Å². The van der Waals surface area contributed by atoms with Crippen molar-refractivity contribution in [1.29, 1.82) is 0 Å². The second kappa shape index (κ2) is 9.01. The number of methoxy groups -OCH3 is 1. The van der Waals surface area contributed by atoms with Gasteiger partial charge in [-0.15, -0.1) is 0 Å². The summed E-state index contributed by atoms with van der Waals surface area (Å²) in [5, 5.41) is 0.333. The van der Waals surface area contributed by atoms with Crippen molar-refractivity contribution in [2.45, 2.75) is 13.3 Å². The van der Waals surface area contributed by atoms with Gasteiger partial charge < -0.3 is 9.47 Å². The van der Waals surface area contributed by atoms with Crippen LogP contribution in [0.15, 0.2) is 36.4 Å². The Kier molecular flexibility index (Phi) is 7.00. The SMILES string of the molecule is COC(=O)COc1cc2c(c(Cl)c1Cl)C(=O)C(C)C2.Fc1ccccc1. The second-order valence-electron chi connectivity index (χ2n) is 5.67. The van der Waals surface area contributed by atoms with Gasteiger partial charge in [0, 0.05) is 11.5 Å². The molecule has 0 saturated carbocycles. The predicted molar refractivity (Wildman–Crippen MR) is 97.6 cm³/mol. The molecule has 26 heavy (non-hydrogen) atoms. The van der Waals surface area contributed by atoms with Crippen LogP contribution in [-0.2, 0) is 16.0 Å². The molecule has 3 rings (SSSR count). The van der Waals surface area contributed by atoms with Crippen LogP contribution in [0.4, 0.5) is 4.39 Å². The molecule has 0 radical (unpaired) electrons. The molecule has 1 aliphatic carbocycles. The lowest BCUT2D eigenvalue weighted by molar-refractivity contribution is -0.142. The Hall–Kier alpha value is -2.11. The number of fused-ring (bicyclic) bond motifs is 1. The van der Waals surface area contributed by atoms with Crippen LogP contribution in [-0.4, -0.2) is 25.5 Å². The first-order valence-electron chi connectivity index (χ1n) is 7.80. The summed E-state index contributed by atoms with van der Waals surface area (Å²) in [6.07, 6.45) is 0.597. The minimum atomic E-state index is -0.517. The number of hydrogen-bond acceptors (Lipinski definition) is 4. The van der Waals surface area contributed by atoms with E-state index in [9.17, 15) is 14.0 Å². The Morgan fingerprint density at radius 2 is 1.88 bits per heavy atom. The van der Waals surface area contributed by atoms with E-state index in [1.54, 1.807) is 24.3 Å². The summed E-state index contributed by atoms with van der Waals surface area (Å²) in [6, 6.07) is 9.60. The van der Waals surface area contributed by atoms with Crippen molar-refractivity contribution in [3.63, 3.8) is 0 Å². The van der Waals surface area contributed by atoms with E-state index in [1.807, 2.05) is 6.92 Å². The summed E-state index contributed by atoms with van der Waals surface area (Å²) in [4.78, 5) is 23.0. The largest absolute Gasteiger partial charge is 0.480 e. The van der Waals surface area contributed by atoms with Gasteiger partial charge in [-0.05, 0) is 30.2 Å². The summed E-state index contributed by atoms with van der Waals surface area (Å²) < 4.78 is 21.6. The van der Waals surface area contributed by atoms with Crippen LogP contribution in [0.3, 0.4) is 0 Å². The molecule has 7 heteroatoms. The van der Waals surface area contributed by atoms with Crippen LogP contribution < -0.4 is 4.74 Å². The van der Waals surface area contributed by atoms with Gasteiger partial charge in [0.15, 0.2) is 12.4 Å². The molecule has 1 aliphatic rings. The van der Waals surface area contributed by atoms with E-state index in [0.717, 1.165) is 5.56 Å². The Bertz CT molecular complexity index is 809. The zero-order chi connectivity index (χ0) is 19.3. The van der Waals surface area contributed by atoms with Crippen LogP contribution in [0.5, 0.6) is 5.75 Å². The van der Waals surface area contributed by atoms with Crippen LogP contribution in [0.1, 0.15) is 22.8 Å². The maximum Gasteiger partial charge on any atom is 0.343 e. The second-order valence-corrected chi connectivity index (χ2v) is 6.42. The molecule has 0 N–H and O–H groups in total. The number of carbonyl (C=O) groups excluding carboxylic acids is 2. The number of ketones is 1. The maximum absolute atomic E-state index is 11.9. The van der Waals surface area contributed by atoms with Gasteiger partial charge in [0.05, 0.1) is 12.1 Å². The molecule has 0 fully saturated rings. The van der Waals surface area contributed by atoms with Crippen LogP contribution >= 0.6 is 23.2 Å². The third kappa shape index (κ3) is 4.74. The number of Topliss-reactive ketones (excluding diaryl/α,β-unsaturated/α-hetero) is 1. The smallest absolute Gasteiger partial charge is 0.343 e. The lowest BCUT2D eigenvalue weighted by Gasteiger charge is -2.11. The fraction of sp³-hybridized carbons (Fsp3) is 0.263. The van der Waals surface area contributed by atoms with Gasteiger partial charge in [0.2, 0.25) is 0 Å². The summed E-state index contributed by atoms with van der Waals surface area (Å²) in [6.45, 7) is 1.58. The average Bonchev–Trinajstić information content (AvgIpc) is 2.92. The van der Waals surface area contributed by atoms with Gasteiger partial charge in [-0.1, -0.05) is 48.3 Å². The Morgan fingerprint density at radius 1 is 1.23 bits per heavy atom. The Morgan fingerprint density at radius 3 is 2.42 bits per heavy atom. The normalized spacial score (nSPS) is 15.0. The monoisotopic (exact) mass is 398 g/mol. The Balaban J connectivity index is 0.000000290. The van der Waals surface area contributed by atoms with E-state index in [0.29, 0.717) is 12.0 Å². The fourth-order valence-corrected chi connectivity index (χ4v) is 2.98. The van der Waals surface area contributed by atoms with Crippen molar-refractivity contribution < 1.29 is 23.5 Å². The molecule has 0 amide bonds. The van der Waals surface area contributed by atoms with E-state index >= 15 is 0 Å². The summed E-state index contributed by atoms with van der Waals surface area (Å²) in [5.74, 6) is -0.529. The van der Waals surface area contributed by atoms with Gasteiger partial charge in [-0.25, -0.2) is 9.18 Å². The fourth-order valence-electron chi connectivity index (χ4n) is 2.46. The van der Waals surface area contributed by atoms with E-state index in [2.05, 4.69) is 4.74 Å². The van der Waals surface area contributed by atoms with E-state index < -0.39 is 5.97 Å². The van der Waals surface area contributed by atoms with Gasteiger partial charge >= 0.3 is 5.97 Å². The molecular formula is C19H17Cl2FO4. The molecule has 2 aromatic carbocycles. The highest BCUT2D eigenvalue weighted by Crippen LogP contribution is 2.42.